The number of carbonyl (C=O) groups is 2. The molecule has 2 aromatic carbocycles. The normalized spacial score (nSPS) is 15.9. The maximum atomic E-state index is 12.9. The fourth-order valence-corrected chi connectivity index (χ4v) is 3.60. The van der Waals surface area contributed by atoms with Gasteiger partial charge in [0.05, 0.1) is 36.0 Å². The van der Waals surface area contributed by atoms with Crippen molar-refractivity contribution in [3.05, 3.63) is 46.4 Å². The van der Waals surface area contributed by atoms with Crippen LogP contribution >= 0.6 is 23.2 Å². The quantitative estimate of drug-likeness (QED) is 0.611. The summed E-state index contributed by atoms with van der Waals surface area (Å²) < 4.78 is 16.0. The van der Waals surface area contributed by atoms with Gasteiger partial charge in [0.25, 0.3) is 0 Å². The first-order chi connectivity index (χ1) is 14.4. The molecule has 1 atom stereocenters. The lowest BCUT2D eigenvalue weighted by Gasteiger charge is -2.20. The van der Waals surface area contributed by atoms with Gasteiger partial charge in [-0.25, -0.2) is 0 Å². The van der Waals surface area contributed by atoms with Crippen LogP contribution in [0.25, 0.3) is 0 Å². The minimum Gasteiger partial charge on any atom is -0.495 e. The summed E-state index contributed by atoms with van der Waals surface area (Å²) in [5.74, 6) is -0.157. The lowest BCUT2D eigenvalue weighted by molar-refractivity contribution is -0.122. The van der Waals surface area contributed by atoms with Gasteiger partial charge in [-0.05, 0) is 30.3 Å². The summed E-state index contributed by atoms with van der Waals surface area (Å²) in [5, 5.41) is 3.67. The van der Waals surface area contributed by atoms with Crippen molar-refractivity contribution in [2.24, 2.45) is 5.92 Å². The van der Waals surface area contributed by atoms with E-state index in [1.807, 2.05) is 0 Å². The first kappa shape index (κ1) is 22.2. The van der Waals surface area contributed by atoms with Gasteiger partial charge in [0.2, 0.25) is 11.8 Å². The van der Waals surface area contributed by atoms with E-state index in [4.69, 9.17) is 37.4 Å². The molecule has 0 bridgehead atoms. The molecular weight excluding hydrogens is 431 g/mol. The van der Waals surface area contributed by atoms with Crippen molar-refractivity contribution < 1.29 is 23.8 Å². The zero-order valence-corrected chi connectivity index (χ0v) is 18.1. The zero-order chi connectivity index (χ0) is 21.7. The number of ether oxygens (including phenoxy) is 3. The Kier molecular flexibility index (Phi) is 7.42. The monoisotopic (exact) mass is 452 g/mol. The molecule has 1 aliphatic rings. The maximum Gasteiger partial charge on any atom is 0.229 e. The van der Waals surface area contributed by atoms with E-state index < -0.39 is 5.92 Å². The van der Waals surface area contributed by atoms with Crippen LogP contribution in [0.1, 0.15) is 6.42 Å². The summed E-state index contributed by atoms with van der Waals surface area (Å²) >= 11 is 12.3. The van der Waals surface area contributed by atoms with Crippen LogP contribution in [0.3, 0.4) is 0 Å². The molecule has 1 heterocycles. The molecule has 3 rings (SSSR count). The number of halogens is 2. The molecule has 1 saturated heterocycles. The molecule has 1 N–H and O–H groups in total. The molecule has 0 saturated carbocycles. The Balaban J connectivity index is 1.75. The maximum absolute atomic E-state index is 12.9. The van der Waals surface area contributed by atoms with Gasteiger partial charge in [-0.3, -0.25) is 9.59 Å². The minimum absolute atomic E-state index is 0.0714. The highest BCUT2D eigenvalue weighted by Gasteiger charge is 2.36. The van der Waals surface area contributed by atoms with Crippen LogP contribution in [0.15, 0.2) is 36.4 Å². The van der Waals surface area contributed by atoms with E-state index in [0.717, 1.165) is 0 Å². The van der Waals surface area contributed by atoms with Crippen LogP contribution < -0.4 is 19.7 Å². The molecule has 30 heavy (non-hydrogen) atoms. The van der Waals surface area contributed by atoms with E-state index in [1.165, 1.54) is 12.0 Å². The second-order valence-electron chi connectivity index (χ2n) is 6.67. The Bertz CT molecular complexity index is 938. The predicted molar refractivity (Wildman–Crippen MR) is 116 cm³/mol. The highest BCUT2D eigenvalue weighted by Crippen LogP contribution is 2.37. The van der Waals surface area contributed by atoms with Gasteiger partial charge in [-0.15, -0.1) is 0 Å². The standard InChI is InChI=1S/C21H22Cl2N2O5/c1-28-8-9-30-20-15(23)4-3-5-16(20)24-21(27)13-10-19(26)25(12-13)17-11-14(22)6-7-18(17)29-2/h3-7,11,13H,8-10,12H2,1-2H3,(H,24,27). The second-order valence-corrected chi connectivity index (χ2v) is 7.51. The average Bonchev–Trinajstić information content (AvgIpc) is 3.11. The van der Waals surface area contributed by atoms with Crippen molar-refractivity contribution in [1.82, 2.24) is 0 Å². The van der Waals surface area contributed by atoms with E-state index in [0.29, 0.717) is 39.5 Å². The Hall–Kier alpha value is -2.48. The highest BCUT2D eigenvalue weighted by atomic mass is 35.5. The topological polar surface area (TPSA) is 77.1 Å². The molecule has 0 aliphatic carbocycles. The number of carbonyl (C=O) groups excluding carboxylic acids is 2. The molecule has 1 fully saturated rings. The number of hydrogen-bond donors (Lipinski definition) is 1. The van der Waals surface area contributed by atoms with Crippen molar-refractivity contribution in [2.75, 3.05) is 44.2 Å². The van der Waals surface area contributed by atoms with Gasteiger partial charge in [0.1, 0.15) is 12.4 Å². The van der Waals surface area contributed by atoms with E-state index in [-0.39, 0.29) is 31.4 Å². The summed E-state index contributed by atoms with van der Waals surface area (Å²) in [4.78, 5) is 27.0. The average molecular weight is 453 g/mol. The predicted octanol–water partition coefficient (Wildman–Crippen LogP) is 4.02. The summed E-state index contributed by atoms with van der Waals surface area (Å²) in [5.41, 5.74) is 0.978. The van der Waals surface area contributed by atoms with Crippen molar-refractivity contribution in [3.63, 3.8) is 0 Å². The lowest BCUT2D eigenvalue weighted by atomic mass is 10.1. The smallest absolute Gasteiger partial charge is 0.229 e. The SMILES string of the molecule is COCCOc1c(Cl)cccc1NC(=O)C1CC(=O)N(c2cc(Cl)ccc2OC)C1. The molecule has 1 aliphatic heterocycles. The molecular formula is C21H22Cl2N2O5. The van der Waals surface area contributed by atoms with Gasteiger partial charge < -0.3 is 24.4 Å². The van der Waals surface area contributed by atoms with Crippen LogP contribution in [0, 0.1) is 5.92 Å². The highest BCUT2D eigenvalue weighted by molar-refractivity contribution is 6.32. The van der Waals surface area contributed by atoms with Crippen LogP contribution in [-0.2, 0) is 14.3 Å². The number of amides is 2. The van der Waals surface area contributed by atoms with Gasteiger partial charge in [0, 0.05) is 25.1 Å². The van der Waals surface area contributed by atoms with E-state index in [9.17, 15) is 9.59 Å². The molecule has 0 aromatic heterocycles. The first-order valence-electron chi connectivity index (χ1n) is 9.29. The summed E-state index contributed by atoms with van der Waals surface area (Å²) in [6.45, 7) is 0.876. The Morgan fingerprint density at radius 2 is 2.00 bits per heavy atom. The van der Waals surface area contributed by atoms with E-state index >= 15 is 0 Å². The molecule has 2 amide bonds. The third kappa shape index (κ3) is 4.98. The number of para-hydroxylation sites is 1. The second kappa shape index (κ2) is 10.0. The fourth-order valence-electron chi connectivity index (χ4n) is 3.21. The van der Waals surface area contributed by atoms with Crippen molar-refractivity contribution in [1.29, 1.82) is 0 Å². The third-order valence-electron chi connectivity index (χ3n) is 4.69. The van der Waals surface area contributed by atoms with Crippen LogP contribution in [0.2, 0.25) is 10.0 Å². The number of nitrogens with zero attached hydrogens (tertiary/aromatic N) is 1. The largest absolute Gasteiger partial charge is 0.495 e. The Labute approximate surface area is 184 Å². The van der Waals surface area contributed by atoms with Crippen molar-refractivity contribution >= 4 is 46.4 Å². The van der Waals surface area contributed by atoms with Crippen LogP contribution in [0.5, 0.6) is 11.5 Å². The van der Waals surface area contributed by atoms with Gasteiger partial charge in [0.15, 0.2) is 5.75 Å². The first-order valence-corrected chi connectivity index (χ1v) is 10.0. The molecule has 0 spiro atoms. The molecule has 7 nitrogen and oxygen atoms in total. The molecule has 1 unspecified atom stereocenters. The molecule has 160 valence electrons. The zero-order valence-electron chi connectivity index (χ0n) is 16.6. The summed E-state index contributed by atoms with van der Waals surface area (Å²) in [7, 11) is 3.08. The molecule has 0 radical (unpaired) electrons. The van der Waals surface area contributed by atoms with Gasteiger partial charge in [-0.2, -0.15) is 0 Å². The summed E-state index contributed by atoms with van der Waals surface area (Å²) in [6.07, 6.45) is 0.0714. The van der Waals surface area contributed by atoms with Gasteiger partial charge in [-0.1, -0.05) is 29.3 Å². The molecule has 2 aromatic rings. The van der Waals surface area contributed by atoms with E-state index in [1.54, 1.807) is 43.5 Å². The number of hydrogen-bond acceptors (Lipinski definition) is 5. The number of methoxy groups -OCH3 is 2. The van der Waals surface area contributed by atoms with E-state index in [2.05, 4.69) is 5.32 Å². The number of benzene rings is 2. The molecule has 9 heteroatoms. The fraction of sp³-hybridized carbons (Fsp3) is 0.333. The van der Waals surface area contributed by atoms with Crippen LogP contribution in [0.4, 0.5) is 11.4 Å². The number of anilines is 2. The van der Waals surface area contributed by atoms with Crippen molar-refractivity contribution in [2.45, 2.75) is 6.42 Å². The Morgan fingerprint density at radius 1 is 1.20 bits per heavy atom. The Morgan fingerprint density at radius 3 is 2.73 bits per heavy atom. The summed E-state index contributed by atoms with van der Waals surface area (Å²) in [6, 6.07) is 10.1. The minimum atomic E-state index is -0.549. The van der Waals surface area contributed by atoms with Gasteiger partial charge >= 0.3 is 0 Å². The van der Waals surface area contributed by atoms with Crippen LogP contribution in [-0.4, -0.2) is 45.8 Å². The number of nitrogens with one attached hydrogen (secondary N) is 1. The third-order valence-corrected chi connectivity index (χ3v) is 5.22. The lowest BCUT2D eigenvalue weighted by Crippen LogP contribution is -2.28. The van der Waals surface area contributed by atoms with Crippen molar-refractivity contribution in [3.8, 4) is 11.5 Å². The number of rotatable bonds is 8.